The van der Waals surface area contributed by atoms with Crippen LogP contribution in [0.25, 0.3) is 0 Å². The second-order valence-corrected chi connectivity index (χ2v) is 5.30. The van der Waals surface area contributed by atoms with Gasteiger partial charge in [0.15, 0.2) is 0 Å². The number of nitrogens with one attached hydrogen (secondary N) is 4. The molecule has 1 aromatic carbocycles. The summed E-state index contributed by atoms with van der Waals surface area (Å²) < 4.78 is 0. The highest BCUT2D eigenvalue weighted by Crippen LogP contribution is 2.11. The molecule has 0 radical (unpaired) electrons. The second-order valence-electron chi connectivity index (χ2n) is 5.30. The number of aromatic nitrogens is 2. The van der Waals surface area contributed by atoms with Gasteiger partial charge in [0, 0.05) is 11.9 Å². The van der Waals surface area contributed by atoms with Crippen LogP contribution in [0.2, 0.25) is 0 Å². The van der Waals surface area contributed by atoms with Crippen LogP contribution in [0, 0.1) is 0 Å². The Morgan fingerprint density at radius 2 is 1.92 bits per heavy atom. The maximum Gasteiger partial charge on any atom is 0.323 e. The summed E-state index contributed by atoms with van der Waals surface area (Å²) in [6, 6.07) is 6.39. The van der Waals surface area contributed by atoms with Crippen molar-refractivity contribution in [1.82, 2.24) is 15.5 Å². The molecule has 0 fully saturated rings. The monoisotopic (exact) mass is 331 g/mol. The molecule has 128 valence electrons. The van der Waals surface area contributed by atoms with Crippen LogP contribution < -0.4 is 16.0 Å². The summed E-state index contributed by atoms with van der Waals surface area (Å²) in [4.78, 5) is 23.6. The number of carbonyl (C=O) groups excluding carboxylic acids is 2. The average molecular weight is 331 g/mol. The predicted octanol–water partition coefficient (Wildman–Crippen LogP) is 1.48. The van der Waals surface area contributed by atoms with E-state index in [0.29, 0.717) is 17.8 Å². The highest BCUT2D eigenvalue weighted by atomic mass is 16.3. The number of aliphatic hydroxyl groups is 1. The van der Waals surface area contributed by atoms with E-state index >= 15 is 0 Å². The fraction of sp³-hybridized carbons (Fsp3) is 0.312. The number of benzene rings is 1. The molecule has 0 bridgehead atoms. The van der Waals surface area contributed by atoms with E-state index in [1.807, 2.05) is 6.92 Å². The molecule has 8 heteroatoms. The number of anilines is 2. The predicted molar refractivity (Wildman–Crippen MR) is 90.7 cm³/mol. The molecule has 0 aliphatic rings. The van der Waals surface area contributed by atoms with Gasteiger partial charge in [-0.25, -0.2) is 4.79 Å². The standard InChI is InChI=1S/C16H21N5O3/c1-2-12(10-22)19-15(23)7-11-3-5-13(6-4-11)20-16(24)21-14-8-17-18-9-14/h3-6,8-9,12,22H,2,7,10H2,1H3,(H,17,18)(H,19,23)(H2,20,21,24). The van der Waals surface area contributed by atoms with E-state index in [2.05, 4.69) is 26.1 Å². The number of urea groups is 1. The molecule has 1 unspecified atom stereocenters. The zero-order chi connectivity index (χ0) is 17.4. The van der Waals surface area contributed by atoms with E-state index in [-0.39, 0.29) is 31.0 Å². The highest BCUT2D eigenvalue weighted by Gasteiger charge is 2.10. The fourth-order valence-electron chi connectivity index (χ4n) is 2.06. The molecular weight excluding hydrogens is 310 g/mol. The van der Waals surface area contributed by atoms with Crippen molar-refractivity contribution < 1.29 is 14.7 Å². The van der Waals surface area contributed by atoms with Gasteiger partial charge in [0.1, 0.15) is 0 Å². The number of carbonyl (C=O) groups is 2. The Bertz CT molecular complexity index is 651. The first kappa shape index (κ1) is 17.5. The van der Waals surface area contributed by atoms with Crippen molar-refractivity contribution in [2.45, 2.75) is 25.8 Å². The average Bonchev–Trinajstić information content (AvgIpc) is 3.07. The number of nitrogens with zero attached hydrogens (tertiary/aromatic N) is 1. The lowest BCUT2D eigenvalue weighted by Crippen LogP contribution is -2.37. The summed E-state index contributed by atoms with van der Waals surface area (Å²) >= 11 is 0. The maximum absolute atomic E-state index is 11.9. The highest BCUT2D eigenvalue weighted by molar-refractivity contribution is 5.99. The van der Waals surface area contributed by atoms with E-state index in [1.54, 1.807) is 30.5 Å². The molecule has 2 aromatic rings. The molecule has 3 amide bonds. The van der Waals surface area contributed by atoms with Crippen LogP contribution in [-0.2, 0) is 11.2 Å². The number of hydrogen-bond acceptors (Lipinski definition) is 4. The van der Waals surface area contributed by atoms with Crippen molar-refractivity contribution in [3.8, 4) is 0 Å². The topological polar surface area (TPSA) is 119 Å². The minimum atomic E-state index is -0.379. The Morgan fingerprint density at radius 3 is 2.50 bits per heavy atom. The van der Waals surface area contributed by atoms with Crippen molar-refractivity contribution in [2.24, 2.45) is 0 Å². The summed E-state index contributed by atoms with van der Waals surface area (Å²) in [5.74, 6) is -0.144. The van der Waals surface area contributed by atoms with E-state index in [0.717, 1.165) is 5.56 Å². The van der Waals surface area contributed by atoms with E-state index in [4.69, 9.17) is 5.11 Å². The molecule has 2 rings (SSSR count). The Labute approximate surface area is 139 Å². The summed E-state index contributed by atoms with van der Waals surface area (Å²) in [5.41, 5.74) is 2.00. The molecule has 1 aromatic heterocycles. The Hall–Kier alpha value is -2.87. The third kappa shape index (κ3) is 5.40. The number of amides is 3. The van der Waals surface area contributed by atoms with Gasteiger partial charge in [-0.2, -0.15) is 5.10 Å². The molecule has 0 saturated carbocycles. The van der Waals surface area contributed by atoms with Crippen LogP contribution in [0.1, 0.15) is 18.9 Å². The smallest absolute Gasteiger partial charge is 0.323 e. The van der Waals surface area contributed by atoms with Crippen LogP contribution >= 0.6 is 0 Å². The van der Waals surface area contributed by atoms with Gasteiger partial charge in [0.25, 0.3) is 0 Å². The third-order valence-electron chi connectivity index (χ3n) is 3.41. The van der Waals surface area contributed by atoms with E-state index < -0.39 is 0 Å². The molecular formula is C16H21N5O3. The second kappa shape index (κ2) is 8.68. The number of hydrogen-bond donors (Lipinski definition) is 5. The normalized spacial score (nSPS) is 11.6. The number of rotatable bonds is 7. The number of H-pyrrole nitrogens is 1. The minimum Gasteiger partial charge on any atom is -0.394 e. The van der Waals surface area contributed by atoms with Crippen LogP contribution in [-0.4, -0.2) is 39.9 Å². The van der Waals surface area contributed by atoms with Crippen molar-refractivity contribution in [2.75, 3.05) is 17.2 Å². The molecule has 0 spiro atoms. The zero-order valence-corrected chi connectivity index (χ0v) is 13.4. The van der Waals surface area contributed by atoms with Crippen LogP contribution in [0.3, 0.4) is 0 Å². The van der Waals surface area contributed by atoms with Crippen LogP contribution in [0.4, 0.5) is 16.2 Å². The molecule has 0 aliphatic heterocycles. The van der Waals surface area contributed by atoms with Gasteiger partial charge in [0.2, 0.25) is 5.91 Å². The van der Waals surface area contributed by atoms with Gasteiger partial charge in [-0.15, -0.1) is 0 Å². The van der Waals surface area contributed by atoms with Crippen LogP contribution in [0.5, 0.6) is 0 Å². The van der Waals surface area contributed by atoms with Crippen molar-refractivity contribution >= 4 is 23.3 Å². The largest absolute Gasteiger partial charge is 0.394 e. The van der Waals surface area contributed by atoms with E-state index in [9.17, 15) is 9.59 Å². The van der Waals surface area contributed by atoms with Crippen molar-refractivity contribution in [3.05, 3.63) is 42.2 Å². The number of aliphatic hydroxyl groups excluding tert-OH is 1. The molecule has 8 nitrogen and oxygen atoms in total. The van der Waals surface area contributed by atoms with Crippen molar-refractivity contribution in [1.29, 1.82) is 0 Å². The Morgan fingerprint density at radius 1 is 1.21 bits per heavy atom. The lowest BCUT2D eigenvalue weighted by Gasteiger charge is -2.14. The van der Waals surface area contributed by atoms with Crippen molar-refractivity contribution in [3.63, 3.8) is 0 Å². The summed E-state index contributed by atoms with van der Waals surface area (Å²) in [6.07, 6.45) is 3.96. The van der Waals surface area contributed by atoms with Gasteiger partial charge in [0.05, 0.1) is 31.0 Å². The first-order valence-electron chi connectivity index (χ1n) is 7.66. The summed E-state index contributed by atoms with van der Waals surface area (Å²) in [6.45, 7) is 1.83. The first-order valence-corrected chi connectivity index (χ1v) is 7.66. The fourth-order valence-corrected chi connectivity index (χ4v) is 2.06. The summed E-state index contributed by atoms with van der Waals surface area (Å²) in [7, 11) is 0. The van der Waals surface area contributed by atoms with Gasteiger partial charge in [-0.1, -0.05) is 19.1 Å². The zero-order valence-electron chi connectivity index (χ0n) is 13.4. The molecule has 1 atom stereocenters. The molecule has 0 aliphatic carbocycles. The molecule has 1 heterocycles. The van der Waals surface area contributed by atoms with Gasteiger partial charge in [-0.05, 0) is 24.1 Å². The molecule has 24 heavy (non-hydrogen) atoms. The van der Waals surface area contributed by atoms with E-state index in [1.165, 1.54) is 6.20 Å². The van der Waals surface area contributed by atoms with Gasteiger partial charge in [-0.3, -0.25) is 9.89 Å². The third-order valence-corrected chi connectivity index (χ3v) is 3.41. The lowest BCUT2D eigenvalue weighted by atomic mass is 10.1. The summed E-state index contributed by atoms with van der Waals surface area (Å²) in [5, 5.41) is 23.5. The Balaban J connectivity index is 1.84. The lowest BCUT2D eigenvalue weighted by molar-refractivity contribution is -0.121. The quantitative estimate of drug-likeness (QED) is 0.528. The number of aromatic amines is 1. The Kier molecular flexibility index (Phi) is 6.32. The molecule has 0 saturated heterocycles. The SMILES string of the molecule is CCC(CO)NC(=O)Cc1ccc(NC(=O)Nc2cn[nH]c2)cc1. The maximum atomic E-state index is 11.9. The molecule has 5 N–H and O–H groups in total. The minimum absolute atomic E-state index is 0.0725. The van der Waals surface area contributed by atoms with Gasteiger partial charge >= 0.3 is 6.03 Å². The van der Waals surface area contributed by atoms with Gasteiger partial charge < -0.3 is 21.1 Å². The first-order chi connectivity index (χ1) is 11.6. The van der Waals surface area contributed by atoms with Crippen LogP contribution in [0.15, 0.2) is 36.7 Å².